The topological polar surface area (TPSA) is 40.5 Å². The molecule has 2 aromatic carbocycles. The first kappa shape index (κ1) is 20.3. The van der Waals surface area contributed by atoms with Crippen molar-refractivity contribution >= 4 is 16.9 Å². The molecule has 4 nitrogen and oxygen atoms in total. The van der Waals surface area contributed by atoms with Crippen LogP contribution in [0.4, 0.5) is 13.2 Å². The Bertz CT molecular complexity index is 1070. The number of ether oxygens (including phenoxy) is 2. The molecular weight excluding hydrogens is 395 g/mol. The fraction of sp³-hybridized carbons (Fsp3) is 0.348. The SMILES string of the molecule is CCOC(=O)CCn1c(-c2cccc(OC(F)(F)F)c2)cc2cc(C3CC3)ccc21. The largest absolute Gasteiger partial charge is 0.573 e. The normalized spacial score (nSPS) is 14.1. The maximum absolute atomic E-state index is 12.7. The van der Waals surface area contributed by atoms with Gasteiger partial charge in [-0.15, -0.1) is 13.2 Å². The van der Waals surface area contributed by atoms with Crippen LogP contribution in [0.3, 0.4) is 0 Å². The smallest absolute Gasteiger partial charge is 0.466 e. The highest BCUT2D eigenvalue weighted by molar-refractivity contribution is 5.88. The van der Waals surface area contributed by atoms with E-state index in [0.717, 1.165) is 16.6 Å². The number of carbonyl (C=O) groups is 1. The third kappa shape index (κ3) is 4.61. The summed E-state index contributed by atoms with van der Waals surface area (Å²) in [5.41, 5.74) is 3.52. The summed E-state index contributed by atoms with van der Waals surface area (Å²) < 4.78 is 49.0. The summed E-state index contributed by atoms with van der Waals surface area (Å²) in [4.78, 5) is 11.9. The molecule has 0 atom stereocenters. The van der Waals surface area contributed by atoms with Crippen LogP contribution < -0.4 is 4.74 Å². The molecule has 1 fully saturated rings. The highest BCUT2D eigenvalue weighted by atomic mass is 19.4. The molecule has 0 radical (unpaired) electrons. The van der Waals surface area contributed by atoms with Gasteiger partial charge in [0.2, 0.25) is 0 Å². The monoisotopic (exact) mass is 417 g/mol. The number of alkyl halides is 3. The van der Waals surface area contributed by atoms with E-state index in [1.165, 1.54) is 36.6 Å². The zero-order valence-electron chi connectivity index (χ0n) is 16.5. The first-order valence-electron chi connectivity index (χ1n) is 9.99. The number of rotatable bonds is 7. The van der Waals surface area contributed by atoms with Gasteiger partial charge in [-0.05, 0) is 61.6 Å². The number of fused-ring (bicyclic) bond motifs is 1. The van der Waals surface area contributed by atoms with Gasteiger partial charge in [0.05, 0.1) is 13.0 Å². The lowest BCUT2D eigenvalue weighted by Crippen LogP contribution is -2.17. The first-order chi connectivity index (χ1) is 14.3. The summed E-state index contributed by atoms with van der Waals surface area (Å²) in [5, 5.41) is 1.00. The first-order valence-corrected chi connectivity index (χ1v) is 9.99. The lowest BCUT2D eigenvalue weighted by molar-refractivity contribution is -0.274. The van der Waals surface area contributed by atoms with Gasteiger partial charge in [0, 0.05) is 28.7 Å². The van der Waals surface area contributed by atoms with Crippen molar-refractivity contribution in [2.24, 2.45) is 0 Å². The lowest BCUT2D eigenvalue weighted by atomic mass is 10.1. The summed E-state index contributed by atoms with van der Waals surface area (Å²) >= 11 is 0. The highest BCUT2D eigenvalue weighted by Gasteiger charge is 2.31. The molecule has 1 aliphatic rings. The molecule has 3 aromatic rings. The van der Waals surface area contributed by atoms with Crippen LogP contribution in [0, 0.1) is 0 Å². The van der Waals surface area contributed by atoms with Gasteiger partial charge in [0.1, 0.15) is 5.75 Å². The molecule has 0 bridgehead atoms. The predicted molar refractivity (Wildman–Crippen MR) is 107 cm³/mol. The molecule has 158 valence electrons. The number of hydrogen-bond donors (Lipinski definition) is 0. The van der Waals surface area contributed by atoms with E-state index in [-0.39, 0.29) is 18.1 Å². The Morgan fingerprint density at radius 2 is 1.93 bits per heavy atom. The maximum Gasteiger partial charge on any atom is 0.573 e. The van der Waals surface area contributed by atoms with Crippen molar-refractivity contribution in [3.05, 3.63) is 54.1 Å². The molecule has 0 unspecified atom stereocenters. The van der Waals surface area contributed by atoms with Gasteiger partial charge in [0.25, 0.3) is 0 Å². The van der Waals surface area contributed by atoms with Crippen LogP contribution in [0.5, 0.6) is 5.75 Å². The van der Waals surface area contributed by atoms with E-state index in [9.17, 15) is 18.0 Å². The lowest BCUT2D eigenvalue weighted by Gasteiger charge is -2.13. The van der Waals surface area contributed by atoms with Crippen LogP contribution in [0.2, 0.25) is 0 Å². The zero-order valence-corrected chi connectivity index (χ0v) is 16.5. The average molecular weight is 417 g/mol. The number of aryl methyl sites for hydroxylation is 1. The Morgan fingerprint density at radius 1 is 1.13 bits per heavy atom. The van der Waals surface area contributed by atoms with Crippen molar-refractivity contribution in [1.29, 1.82) is 0 Å². The molecule has 1 heterocycles. The molecular formula is C23H22F3NO3. The van der Waals surface area contributed by atoms with Crippen molar-refractivity contribution in [3.63, 3.8) is 0 Å². The molecule has 7 heteroatoms. The van der Waals surface area contributed by atoms with E-state index in [2.05, 4.69) is 16.9 Å². The second kappa shape index (κ2) is 8.05. The van der Waals surface area contributed by atoms with Crippen molar-refractivity contribution in [1.82, 2.24) is 4.57 Å². The third-order valence-electron chi connectivity index (χ3n) is 5.18. The van der Waals surface area contributed by atoms with E-state index in [4.69, 9.17) is 4.74 Å². The van der Waals surface area contributed by atoms with E-state index in [0.29, 0.717) is 24.6 Å². The fourth-order valence-corrected chi connectivity index (χ4v) is 3.73. The Kier molecular flexibility index (Phi) is 5.45. The van der Waals surface area contributed by atoms with Crippen LogP contribution in [-0.2, 0) is 16.1 Å². The summed E-state index contributed by atoms with van der Waals surface area (Å²) in [7, 11) is 0. The van der Waals surface area contributed by atoms with Gasteiger partial charge in [-0.1, -0.05) is 18.2 Å². The van der Waals surface area contributed by atoms with Gasteiger partial charge < -0.3 is 14.0 Å². The second-order valence-corrected chi connectivity index (χ2v) is 7.40. The molecule has 0 spiro atoms. The molecule has 1 aliphatic carbocycles. The minimum atomic E-state index is -4.76. The molecule has 0 amide bonds. The Labute approximate surface area is 172 Å². The van der Waals surface area contributed by atoms with Crippen molar-refractivity contribution in [2.45, 2.75) is 45.0 Å². The number of nitrogens with zero attached hydrogens (tertiary/aromatic N) is 1. The van der Waals surface area contributed by atoms with Crippen molar-refractivity contribution < 1.29 is 27.4 Å². The van der Waals surface area contributed by atoms with E-state index < -0.39 is 6.36 Å². The maximum atomic E-state index is 12.7. The molecule has 1 aromatic heterocycles. The van der Waals surface area contributed by atoms with Crippen LogP contribution in [-0.4, -0.2) is 23.5 Å². The minimum absolute atomic E-state index is 0.174. The fourth-order valence-electron chi connectivity index (χ4n) is 3.73. The quantitative estimate of drug-likeness (QED) is 0.440. The number of hydrogen-bond acceptors (Lipinski definition) is 3. The summed E-state index contributed by atoms with van der Waals surface area (Å²) in [5.74, 6) is -0.000769. The molecule has 4 rings (SSSR count). The molecule has 0 aliphatic heterocycles. The van der Waals surface area contributed by atoms with Crippen LogP contribution in [0.1, 0.15) is 37.7 Å². The summed E-state index contributed by atoms with van der Waals surface area (Å²) in [6.45, 7) is 2.42. The predicted octanol–water partition coefficient (Wildman–Crippen LogP) is 6.04. The van der Waals surface area contributed by atoms with E-state index in [1.54, 1.807) is 13.0 Å². The standard InChI is InChI=1S/C23H22F3NO3/c1-2-29-22(28)10-11-27-20-9-8-16(15-6-7-15)12-18(20)14-21(27)17-4-3-5-19(13-17)30-23(24,25)26/h3-5,8-9,12-15H,2,6-7,10-11H2,1H3. The van der Waals surface area contributed by atoms with Crippen molar-refractivity contribution in [3.8, 4) is 17.0 Å². The Balaban J connectivity index is 1.74. The molecule has 0 N–H and O–H groups in total. The van der Waals surface area contributed by atoms with E-state index in [1.807, 2.05) is 16.7 Å². The number of aromatic nitrogens is 1. The molecule has 30 heavy (non-hydrogen) atoms. The summed E-state index contributed by atoms with van der Waals surface area (Å²) in [6.07, 6.45) is -2.22. The molecule has 0 saturated heterocycles. The van der Waals surface area contributed by atoms with E-state index >= 15 is 0 Å². The van der Waals surface area contributed by atoms with Gasteiger partial charge >= 0.3 is 12.3 Å². The number of carbonyl (C=O) groups excluding carboxylic acids is 1. The van der Waals surface area contributed by atoms with Crippen LogP contribution in [0.25, 0.3) is 22.2 Å². The average Bonchev–Trinajstić information content (AvgIpc) is 3.46. The number of esters is 1. The zero-order chi connectivity index (χ0) is 21.3. The Hall–Kier alpha value is -2.96. The highest BCUT2D eigenvalue weighted by Crippen LogP contribution is 2.42. The van der Waals surface area contributed by atoms with Crippen LogP contribution in [0.15, 0.2) is 48.5 Å². The van der Waals surface area contributed by atoms with Crippen molar-refractivity contribution in [2.75, 3.05) is 6.61 Å². The van der Waals surface area contributed by atoms with Gasteiger partial charge in [0.15, 0.2) is 0 Å². The number of benzene rings is 2. The minimum Gasteiger partial charge on any atom is -0.466 e. The second-order valence-electron chi connectivity index (χ2n) is 7.40. The van der Waals surface area contributed by atoms with Gasteiger partial charge in [-0.25, -0.2) is 0 Å². The molecule has 1 saturated carbocycles. The van der Waals surface area contributed by atoms with Gasteiger partial charge in [-0.2, -0.15) is 0 Å². The Morgan fingerprint density at radius 3 is 2.63 bits per heavy atom. The summed E-state index contributed by atoms with van der Waals surface area (Å²) in [6, 6.07) is 14.1. The number of halogens is 3. The van der Waals surface area contributed by atoms with Gasteiger partial charge in [-0.3, -0.25) is 4.79 Å². The third-order valence-corrected chi connectivity index (χ3v) is 5.18. The van der Waals surface area contributed by atoms with Crippen LogP contribution >= 0.6 is 0 Å².